The first-order valence-corrected chi connectivity index (χ1v) is 9.79. The van der Waals surface area contributed by atoms with Gasteiger partial charge in [0.25, 0.3) is 0 Å². The van der Waals surface area contributed by atoms with Crippen LogP contribution in [-0.2, 0) is 37.0 Å². The topological polar surface area (TPSA) is 57.2 Å². The van der Waals surface area contributed by atoms with Crippen molar-refractivity contribution in [2.24, 2.45) is 0 Å². The van der Waals surface area contributed by atoms with Crippen molar-refractivity contribution in [2.45, 2.75) is 44.7 Å². The average Bonchev–Trinajstić information content (AvgIpc) is 3.10. The van der Waals surface area contributed by atoms with Crippen molar-refractivity contribution in [2.75, 3.05) is 20.8 Å². The van der Waals surface area contributed by atoms with E-state index in [-0.39, 0.29) is 18.1 Å². The Hall–Kier alpha value is -2.25. The molecule has 1 aliphatic heterocycles. The fourth-order valence-electron chi connectivity index (χ4n) is 3.52. The predicted octanol–water partition coefficient (Wildman–Crippen LogP) is 3.01. The minimum atomic E-state index is -0.573. The van der Waals surface area contributed by atoms with Gasteiger partial charge >= 0.3 is 0 Å². The van der Waals surface area contributed by atoms with E-state index >= 15 is 0 Å². The van der Waals surface area contributed by atoms with Crippen LogP contribution in [0, 0.1) is 0 Å². The number of carbonyl (C=O) groups excluding carboxylic acids is 1. The van der Waals surface area contributed by atoms with Gasteiger partial charge in [-0.3, -0.25) is 4.79 Å². The first-order valence-electron chi connectivity index (χ1n) is 9.79. The summed E-state index contributed by atoms with van der Waals surface area (Å²) >= 11 is 0. The molecule has 4 atom stereocenters. The van der Waals surface area contributed by atoms with E-state index < -0.39 is 12.4 Å². The van der Waals surface area contributed by atoms with Crippen LogP contribution in [0.25, 0.3) is 0 Å². The highest BCUT2D eigenvalue weighted by atomic mass is 16.7. The molecule has 0 saturated carbocycles. The van der Waals surface area contributed by atoms with Gasteiger partial charge in [-0.1, -0.05) is 60.7 Å². The fraction of sp³-hybridized carbons (Fsp3) is 0.435. The molecular weight excluding hydrogens is 370 g/mol. The lowest BCUT2D eigenvalue weighted by atomic mass is 10.1. The summed E-state index contributed by atoms with van der Waals surface area (Å²) in [6.45, 7) is 2.76. The summed E-state index contributed by atoms with van der Waals surface area (Å²) in [7, 11) is 3.35. The van der Waals surface area contributed by atoms with E-state index in [0.717, 1.165) is 11.1 Å². The molecule has 0 unspecified atom stereocenters. The summed E-state index contributed by atoms with van der Waals surface area (Å²) in [4.78, 5) is 13.8. The Morgan fingerprint density at radius 2 is 1.59 bits per heavy atom. The molecule has 2 aromatic rings. The van der Waals surface area contributed by atoms with E-state index in [2.05, 4.69) is 0 Å². The van der Waals surface area contributed by atoms with Crippen LogP contribution >= 0.6 is 0 Å². The average molecular weight is 399 g/mol. The third kappa shape index (κ3) is 5.64. The summed E-state index contributed by atoms with van der Waals surface area (Å²) in [5.74, 6) is -0.0586. The first-order chi connectivity index (χ1) is 14.1. The van der Waals surface area contributed by atoms with E-state index in [0.29, 0.717) is 19.8 Å². The number of likely N-dealkylation sites (N-methyl/N-ethyl adjacent to an activating group) is 1. The van der Waals surface area contributed by atoms with Crippen LogP contribution in [0.1, 0.15) is 18.1 Å². The first kappa shape index (κ1) is 21.5. The number of amides is 1. The highest BCUT2D eigenvalue weighted by molar-refractivity contribution is 5.73. The summed E-state index contributed by atoms with van der Waals surface area (Å²) in [5.41, 5.74) is 2.14. The second kappa shape index (κ2) is 10.5. The zero-order valence-corrected chi connectivity index (χ0v) is 17.2. The molecule has 6 nitrogen and oxygen atoms in total. The Balaban J connectivity index is 1.68. The Morgan fingerprint density at radius 1 is 1.00 bits per heavy atom. The number of ether oxygens (including phenoxy) is 4. The van der Waals surface area contributed by atoms with Gasteiger partial charge in [-0.2, -0.15) is 0 Å². The molecular formula is C23H29NO5. The Labute approximate surface area is 172 Å². The molecule has 1 saturated heterocycles. The van der Waals surface area contributed by atoms with Crippen LogP contribution in [0.4, 0.5) is 0 Å². The zero-order chi connectivity index (χ0) is 20.6. The summed E-state index contributed by atoms with van der Waals surface area (Å²) in [5, 5.41) is 0. The van der Waals surface area contributed by atoms with Gasteiger partial charge in [-0.25, -0.2) is 0 Å². The van der Waals surface area contributed by atoms with E-state index in [4.69, 9.17) is 18.9 Å². The third-order valence-corrected chi connectivity index (χ3v) is 5.15. The minimum absolute atomic E-state index is 0.0586. The van der Waals surface area contributed by atoms with Crippen LogP contribution in [0.5, 0.6) is 0 Å². The molecule has 3 rings (SSSR count). The van der Waals surface area contributed by atoms with Crippen LogP contribution < -0.4 is 0 Å². The second-order valence-electron chi connectivity index (χ2n) is 7.16. The Bertz CT molecular complexity index is 754. The maximum absolute atomic E-state index is 12.1. The number of carbonyl (C=O) groups is 1. The third-order valence-electron chi connectivity index (χ3n) is 5.15. The van der Waals surface area contributed by atoms with Gasteiger partial charge in [-0.15, -0.1) is 0 Å². The highest BCUT2D eigenvalue weighted by Crippen LogP contribution is 2.29. The number of hydrogen-bond acceptors (Lipinski definition) is 5. The molecule has 1 amide bonds. The van der Waals surface area contributed by atoms with Crippen molar-refractivity contribution in [1.29, 1.82) is 0 Å². The van der Waals surface area contributed by atoms with Crippen LogP contribution in [0.15, 0.2) is 60.7 Å². The quantitative estimate of drug-likeness (QED) is 0.649. The summed E-state index contributed by atoms with van der Waals surface area (Å²) < 4.78 is 23.7. The number of rotatable bonds is 9. The molecule has 0 aliphatic carbocycles. The number of methoxy groups -OCH3 is 1. The standard InChI is InChI=1S/C23H29NO5/c1-17(25)24(2)21-20(16-27-14-18-10-6-4-7-11-18)29-23(26-3)22(21)28-15-19-12-8-5-9-13-19/h4-13,20-23H,14-16H2,1-3H3/t20-,21+,22-,23+/m1/s1. The maximum atomic E-state index is 12.1. The van der Waals surface area contributed by atoms with Crippen molar-refractivity contribution < 1.29 is 23.7 Å². The van der Waals surface area contributed by atoms with Gasteiger partial charge < -0.3 is 23.8 Å². The fourth-order valence-corrected chi connectivity index (χ4v) is 3.52. The van der Waals surface area contributed by atoms with Crippen molar-refractivity contribution in [3.05, 3.63) is 71.8 Å². The monoisotopic (exact) mass is 399 g/mol. The Kier molecular flexibility index (Phi) is 7.77. The zero-order valence-electron chi connectivity index (χ0n) is 17.2. The molecule has 156 valence electrons. The molecule has 0 bridgehead atoms. The van der Waals surface area contributed by atoms with Crippen molar-refractivity contribution in [3.8, 4) is 0 Å². The summed E-state index contributed by atoms with van der Waals surface area (Å²) in [6.07, 6.45) is -1.34. The van der Waals surface area contributed by atoms with E-state index in [1.807, 2.05) is 60.7 Å². The largest absolute Gasteiger partial charge is 0.374 e. The van der Waals surface area contributed by atoms with Crippen LogP contribution in [0.2, 0.25) is 0 Å². The van der Waals surface area contributed by atoms with Gasteiger partial charge in [0.05, 0.1) is 25.9 Å². The SMILES string of the molecule is CO[C@H]1O[C@H](COCc2ccccc2)[C@H](N(C)C(C)=O)[C@H]1OCc1ccccc1. The smallest absolute Gasteiger partial charge is 0.219 e. The molecule has 1 aliphatic rings. The van der Waals surface area contributed by atoms with Gasteiger partial charge in [0, 0.05) is 21.1 Å². The molecule has 2 aromatic carbocycles. The normalized spacial score (nSPS) is 23.8. The minimum Gasteiger partial charge on any atom is -0.374 e. The highest BCUT2D eigenvalue weighted by Gasteiger charge is 2.48. The van der Waals surface area contributed by atoms with E-state index in [9.17, 15) is 4.79 Å². The number of hydrogen-bond donors (Lipinski definition) is 0. The number of nitrogens with zero attached hydrogens (tertiary/aromatic N) is 1. The molecule has 0 spiro atoms. The lowest BCUT2D eigenvalue weighted by Gasteiger charge is -2.31. The van der Waals surface area contributed by atoms with Crippen molar-refractivity contribution >= 4 is 5.91 Å². The van der Waals surface area contributed by atoms with Gasteiger partial charge in [0.1, 0.15) is 12.2 Å². The van der Waals surface area contributed by atoms with E-state index in [1.165, 1.54) is 6.92 Å². The van der Waals surface area contributed by atoms with Crippen molar-refractivity contribution in [3.63, 3.8) is 0 Å². The van der Waals surface area contributed by atoms with Gasteiger partial charge in [0.2, 0.25) is 5.91 Å². The van der Waals surface area contributed by atoms with Gasteiger partial charge in [-0.05, 0) is 11.1 Å². The molecule has 1 heterocycles. The van der Waals surface area contributed by atoms with Crippen LogP contribution in [-0.4, -0.2) is 56.1 Å². The molecule has 29 heavy (non-hydrogen) atoms. The van der Waals surface area contributed by atoms with E-state index in [1.54, 1.807) is 19.1 Å². The maximum Gasteiger partial charge on any atom is 0.219 e. The molecule has 1 fully saturated rings. The molecule has 0 radical (unpaired) electrons. The molecule has 6 heteroatoms. The molecule has 0 N–H and O–H groups in total. The van der Waals surface area contributed by atoms with Gasteiger partial charge in [0.15, 0.2) is 6.29 Å². The lowest BCUT2D eigenvalue weighted by molar-refractivity contribution is -0.170. The van der Waals surface area contributed by atoms with Crippen LogP contribution in [0.3, 0.4) is 0 Å². The van der Waals surface area contributed by atoms with Crippen molar-refractivity contribution in [1.82, 2.24) is 4.90 Å². The molecule has 0 aromatic heterocycles. The predicted molar refractivity (Wildman–Crippen MR) is 109 cm³/mol. The Morgan fingerprint density at radius 3 is 2.14 bits per heavy atom. The summed E-state index contributed by atoms with van der Waals surface area (Å²) in [6, 6.07) is 19.6. The lowest BCUT2D eigenvalue weighted by Crippen LogP contribution is -2.50. The second-order valence-corrected chi connectivity index (χ2v) is 7.16. The number of benzene rings is 2.